The van der Waals surface area contributed by atoms with Crippen LogP contribution in [0.5, 0.6) is 0 Å². The molecule has 0 N–H and O–H groups in total. The molecule has 0 bridgehead atoms. The summed E-state index contributed by atoms with van der Waals surface area (Å²) in [5.74, 6) is -0.909. The average molecular weight is 1040 g/mol. The lowest BCUT2D eigenvalue weighted by atomic mass is 10.1. The van der Waals surface area contributed by atoms with Crippen molar-refractivity contribution in [2.45, 2.75) is 297 Å². The summed E-state index contributed by atoms with van der Waals surface area (Å²) in [6, 6.07) is 0. The van der Waals surface area contributed by atoms with Crippen molar-refractivity contribution in [3.05, 3.63) is 109 Å². The molecule has 0 aromatic heterocycles. The number of ether oxygens (including phenoxy) is 3. The first-order valence-corrected chi connectivity index (χ1v) is 31.4. The van der Waals surface area contributed by atoms with Crippen molar-refractivity contribution in [2.75, 3.05) is 13.2 Å². The average Bonchev–Trinajstić information content (AvgIpc) is 3.41. The van der Waals surface area contributed by atoms with E-state index in [1.165, 1.54) is 122 Å². The summed E-state index contributed by atoms with van der Waals surface area (Å²) in [5.41, 5.74) is 0. The molecule has 0 aromatic carbocycles. The van der Waals surface area contributed by atoms with Gasteiger partial charge in [-0.1, -0.05) is 259 Å². The van der Waals surface area contributed by atoms with Gasteiger partial charge >= 0.3 is 17.9 Å². The summed E-state index contributed by atoms with van der Waals surface area (Å²) in [7, 11) is 0. The molecule has 0 aliphatic rings. The first kappa shape index (κ1) is 71.1. The van der Waals surface area contributed by atoms with Crippen LogP contribution < -0.4 is 0 Å². The molecule has 0 aromatic rings. The number of hydrogen-bond acceptors (Lipinski definition) is 6. The van der Waals surface area contributed by atoms with Crippen molar-refractivity contribution < 1.29 is 28.6 Å². The van der Waals surface area contributed by atoms with E-state index in [0.717, 1.165) is 128 Å². The maximum atomic E-state index is 12.9. The van der Waals surface area contributed by atoms with E-state index >= 15 is 0 Å². The summed E-state index contributed by atoms with van der Waals surface area (Å²) < 4.78 is 16.9. The lowest BCUT2D eigenvalue weighted by Crippen LogP contribution is -2.30. The van der Waals surface area contributed by atoms with E-state index in [-0.39, 0.29) is 31.1 Å². The highest BCUT2D eigenvalue weighted by Gasteiger charge is 2.19. The van der Waals surface area contributed by atoms with E-state index in [4.69, 9.17) is 14.2 Å². The highest BCUT2D eigenvalue weighted by molar-refractivity contribution is 5.71. The predicted octanol–water partition coefficient (Wildman–Crippen LogP) is 21.4. The van der Waals surface area contributed by atoms with Crippen LogP contribution in [-0.4, -0.2) is 37.2 Å². The van der Waals surface area contributed by atoms with Gasteiger partial charge in [0.25, 0.3) is 0 Å². The lowest BCUT2D eigenvalue weighted by Gasteiger charge is -2.18. The van der Waals surface area contributed by atoms with Crippen LogP contribution in [0.15, 0.2) is 109 Å². The largest absolute Gasteiger partial charge is 0.462 e. The van der Waals surface area contributed by atoms with E-state index in [9.17, 15) is 14.4 Å². The molecule has 75 heavy (non-hydrogen) atoms. The number of hydrogen-bond donors (Lipinski definition) is 0. The van der Waals surface area contributed by atoms with Crippen LogP contribution in [0.25, 0.3) is 0 Å². The van der Waals surface area contributed by atoms with Gasteiger partial charge < -0.3 is 14.2 Å². The molecule has 0 saturated carbocycles. The first-order chi connectivity index (χ1) is 37.0. The molecule has 0 heterocycles. The van der Waals surface area contributed by atoms with Crippen LogP contribution in [0, 0.1) is 0 Å². The van der Waals surface area contributed by atoms with Gasteiger partial charge in [-0.15, -0.1) is 0 Å². The standard InChI is InChI=1S/C69H116O6/c1-4-7-10-13-16-19-22-24-26-28-30-31-32-33-34-35-36-37-38-39-40-42-43-45-47-50-53-56-59-62-68(71)74-65-66(64-73-67(70)61-58-55-52-49-21-18-15-12-9-6-3)75-69(72)63-60-57-54-51-48-46-44-41-29-27-25-23-20-17-14-11-8-5-2/h7,10,12,15-16,19,24,26-27,29-31,33-34,36-37,39-40,66H,4-6,8-9,11,13-14,17-18,20-23,25,28,32,35,38,41-65H2,1-3H3/b10-7-,15-12-,19-16-,26-24-,29-27-,31-30-,34-33-,37-36-,40-39-. The van der Waals surface area contributed by atoms with Gasteiger partial charge in [0.05, 0.1) is 0 Å². The number of esters is 3. The summed E-state index contributed by atoms with van der Waals surface area (Å²) in [6.45, 7) is 6.45. The molecular weight excluding hydrogens is 925 g/mol. The molecule has 0 rings (SSSR count). The fraction of sp³-hybridized carbons (Fsp3) is 0.696. The van der Waals surface area contributed by atoms with Crippen molar-refractivity contribution in [3.8, 4) is 0 Å². The second kappa shape index (κ2) is 62.6. The molecule has 0 amide bonds. The van der Waals surface area contributed by atoms with Gasteiger partial charge in [0.2, 0.25) is 0 Å². The quantitative estimate of drug-likeness (QED) is 0.0261. The van der Waals surface area contributed by atoms with Crippen molar-refractivity contribution >= 4 is 17.9 Å². The first-order valence-electron chi connectivity index (χ1n) is 31.4. The highest BCUT2D eigenvalue weighted by atomic mass is 16.6. The van der Waals surface area contributed by atoms with Crippen molar-refractivity contribution in [3.63, 3.8) is 0 Å². The van der Waals surface area contributed by atoms with Gasteiger partial charge in [0.15, 0.2) is 6.10 Å². The second-order valence-electron chi connectivity index (χ2n) is 20.6. The minimum Gasteiger partial charge on any atom is -0.462 e. The zero-order valence-corrected chi connectivity index (χ0v) is 49.0. The Morgan fingerprint density at radius 1 is 0.280 bits per heavy atom. The number of allylic oxidation sites excluding steroid dienone is 18. The molecule has 428 valence electrons. The SMILES string of the molecule is CC/C=C\C/C=C\C/C=C\C/C=C\C/C=C\C/C=C\C/C=C\CCCCCCCCCC(=O)OCC(COC(=O)CCCCCCC/C=C\CCC)OC(=O)CCCCCCCCC/C=C\CCCCCCCCC. The van der Waals surface area contributed by atoms with Crippen LogP contribution in [0.2, 0.25) is 0 Å². The summed E-state index contributed by atoms with van der Waals surface area (Å²) >= 11 is 0. The van der Waals surface area contributed by atoms with Gasteiger partial charge in [0, 0.05) is 19.3 Å². The Balaban J connectivity index is 4.28. The summed E-state index contributed by atoms with van der Waals surface area (Å²) in [4.78, 5) is 38.2. The van der Waals surface area contributed by atoms with Crippen molar-refractivity contribution in [1.29, 1.82) is 0 Å². The highest BCUT2D eigenvalue weighted by Crippen LogP contribution is 2.15. The molecule has 0 aliphatic heterocycles. The van der Waals surface area contributed by atoms with Crippen LogP contribution in [0.4, 0.5) is 0 Å². The Bertz CT molecular complexity index is 1520. The van der Waals surface area contributed by atoms with Gasteiger partial charge in [-0.05, 0) is 122 Å². The molecule has 0 radical (unpaired) electrons. The second-order valence-corrected chi connectivity index (χ2v) is 20.6. The Morgan fingerprint density at radius 3 is 0.880 bits per heavy atom. The van der Waals surface area contributed by atoms with Crippen LogP contribution >= 0.6 is 0 Å². The third-order valence-electron chi connectivity index (χ3n) is 13.2. The molecular formula is C69H116O6. The summed E-state index contributed by atoms with van der Waals surface area (Å²) in [5, 5.41) is 0. The fourth-order valence-electron chi connectivity index (χ4n) is 8.54. The molecule has 0 spiro atoms. The smallest absolute Gasteiger partial charge is 0.306 e. The number of unbranched alkanes of at least 4 members (excludes halogenated alkanes) is 27. The van der Waals surface area contributed by atoms with Gasteiger partial charge in [-0.2, -0.15) is 0 Å². The third-order valence-corrected chi connectivity index (χ3v) is 13.2. The normalized spacial score (nSPS) is 12.8. The predicted molar refractivity (Wildman–Crippen MR) is 325 cm³/mol. The maximum absolute atomic E-state index is 12.9. The topological polar surface area (TPSA) is 78.9 Å². The monoisotopic (exact) mass is 1040 g/mol. The number of carbonyl (C=O) groups is 3. The minimum absolute atomic E-state index is 0.0878. The third kappa shape index (κ3) is 60.8. The molecule has 1 atom stereocenters. The van der Waals surface area contributed by atoms with Gasteiger partial charge in [-0.25, -0.2) is 0 Å². The molecule has 6 heteroatoms. The number of carbonyl (C=O) groups excluding carboxylic acids is 3. The summed E-state index contributed by atoms with van der Waals surface area (Å²) in [6.07, 6.45) is 85.3. The van der Waals surface area contributed by atoms with E-state index < -0.39 is 6.10 Å². The van der Waals surface area contributed by atoms with Crippen molar-refractivity contribution in [1.82, 2.24) is 0 Å². The molecule has 1 unspecified atom stereocenters. The Morgan fingerprint density at radius 2 is 0.547 bits per heavy atom. The van der Waals surface area contributed by atoms with E-state index in [1.807, 2.05) is 0 Å². The van der Waals surface area contributed by atoms with Gasteiger partial charge in [0.1, 0.15) is 13.2 Å². The molecule has 0 aliphatic carbocycles. The fourth-order valence-corrected chi connectivity index (χ4v) is 8.54. The number of rotatable bonds is 56. The van der Waals surface area contributed by atoms with Crippen LogP contribution in [-0.2, 0) is 28.6 Å². The molecule has 6 nitrogen and oxygen atoms in total. The van der Waals surface area contributed by atoms with E-state index in [2.05, 4.69) is 130 Å². The van der Waals surface area contributed by atoms with Gasteiger partial charge in [-0.3, -0.25) is 14.4 Å². The van der Waals surface area contributed by atoms with Crippen molar-refractivity contribution in [2.24, 2.45) is 0 Å². The molecule has 0 fully saturated rings. The maximum Gasteiger partial charge on any atom is 0.306 e. The van der Waals surface area contributed by atoms with Crippen LogP contribution in [0.3, 0.4) is 0 Å². The van der Waals surface area contributed by atoms with E-state index in [0.29, 0.717) is 19.3 Å². The Hall–Kier alpha value is -3.93. The van der Waals surface area contributed by atoms with Crippen LogP contribution in [0.1, 0.15) is 290 Å². The van der Waals surface area contributed by atoms with E-state index in [1.54, 1.807) is 0 Å². The lowest BCUT2D eigenvalue weighted by molar-refractivity contribution is -0.167. The zero-order chi connectivity index (χ0) is 54.3. The Kier molecular flexibility index (Phi) is 59.3. The minimum atomic E-state index is -0.790. The zero-order valence-electron chi connectivity index (χ0n) is 49.0. The molecule has 0 saturated heterocycles. The Labute approximate surface area is 463 Å².